The average Bonchev–Trinajstić information content (AvgIpc) is 2.65. The van der Waals surface area contributed by atoms with Crippen LogP contribution in [0.2, 0.25) is 0 Å². The highest BCUT2D eigenvalue weighted by molar-refractivity contribution is 6.04. The lowest BCUT2D eigenvalue weighted by Gasteiger charge is -2.22. The van der Waals surface area contributed by atoms with Crippen molar-refractivity contribution >= 4 is 16.7 Å². The number of carbonyl (C=O) groups excluding carboxylic acids is 1. The number of fused-ring (bicyclic) bond motifs is 1. The van der Waals surface area contributed by atoms with Gasteiger partial charge >= 0.3 is 0 Å². The number of amides is 1. The molecule has 29 heavy (non-hydrogen) atoms. The Morgan fingerprint density at radius 1 is 1.07 bits per heavy atom. The van der Waals surface area contributed by atoms with Crippen LogP contribution in [0.3, 0.4) is 0 Å². The number of aryl methyl sites for hydroxylation is 3. The Bertz CT molecular complexity index is 1110. The van der Waals surface area contributed by atoms with Crippen molar-refractivity contribution in [2.45, 2.75) is 46.5 Å². The molecule has 2 aromatic carbocycles. The zero-order valence-electron chi connectivity index (χ0n) is 18.1. The summed E-state index contributed by atoms with van der Waals surface area (Å²) in [7, 11) is 1.56. The second-order valence-corrected chi connectivity index (χ2v) is 8.67. The van der Waals surface area contributed by atoms with Gasteiger partial charge in [0.05, 0.1) is 5.39 Å². The predicted octanol–water partition coefficient (Wildman–Crippen LogP) is 3.82. The zero-order chi connectivity index (χ0) is 21.3. The smallest absolute Gasteiger partial charge is 0.274 e. The molecule has 3 rings (SSSR count). The SMILES string of the molecule is Cc1cc(C(C)(C)C)cc(C)c1CCNC(=O)c1nn(C)c(=O)c2ccccc12. The molecule has 0 saturated carbocycles. The number of rotatable bonds is 4. The first-order valence-electron chi connectivity index (χ1n) is 9.94. The lowest BCUT2D eigenvalue weighted by molar-refractivity contribution is 0.0949. The molecule has 1 N–H and O–H groups in total. The lowest BCUT2D eigenvalue weighted by atomic mass is 9.83. The highest BCUT2D eigenvalue weighted by Crippen LogP contribution is 2.27. The van der Waals surface area contributed by atoms with Gasteiger partial charge in [0.1, 0.15) is 0 Å². The fourth-order valence-electron chi connectivity index (χ4n) is 3.67. The van der Waals surface area contributed by atoms with E-state index in [4.69, 9.17) is 0 Å². The van der Waals surface area contributed by atoms with Crippen molar-refractivity contribution in [2.75, 3.05) is 6.54 Å². The monoisotopic (exact) mass is 391 g/mol. The number of carbonyl (C=O) groups is 1. The van der Waals surface area contributed by atoms with Gasteiger partial charge in [0.15, 0.2) is 5.69 Å². The van der Waals surface area contributed by atoms with Crippen LogP contribution in [-0.2, 0) is 18.9 Å². The second-order valence-electron chi connectivity index (χ2n) is 8.67. The molecule has 152 valence electrons. The maximum absolute atomic E-state index is 12.8. The van der Waals surface area contributed by atoms with Gasteiger partial charge < -0.3 is 5.32 Å². The molecule has 0 bridgehead atoms. The van der Waals surface area contributed by atoms with Gasteiger partial charge in [-0.25, -0.2) is 4.68 Å². The Labute approximate surface area is 171 Å². The molecule has 0 radical (unpaired) electrons. The summed E-state index contributed by atoms with van der Waals surface area (Å²) < 4.78 is 1.22. The maximum Gasteiger partial charge on any atom is 0.274 e. The summed E-state index contributed by atoms with van der Waals surface area (Å²) in [5, 5.41) is 8.24. The molecule has 5 heteroatoms. The minimum atomic E-state index is -0.265. The van der Waals surface area contributed by atoms with Crippen molar-refractivity contribution in [1.82, 2.24) is 15.1 Å². The topological polar surface area (TPSA) is 64.0 Å². The van der Waals surface area contributed by atoms with E-state index < -0.39 is 0 Å². The fourth-order valence-corrected chi connectivity index (χ4v) is 3.67. The van der Waals surface area contributed by atoms with Crippen LogP contribution in [0.15, 0.2) is 41.2 Å². The molecular formula is C24H29N3O2. The van der Waals surface area contributed by atoms with Crippen molar-refractivity contribution in [2.24, 2.45) is 7.05 Å². The molecule has 0 spiro atoms. The Morgan fingerprint density at radius 3 is 2.24 bits per heavy atom. The number of hydrogen-bond acceptors (Lipinski definition) is 3. The van der Waals surface area contributed by atoms with E-state index in [0.29, 0.717) is 17.3 Å². The second kappa shape index (κ2) is 7.82. The Balaban J connectivity index is 1.79. The normalized spacial score (nSPS) is 11.7. The molecule has 0 aliphatic rings. The summed E-state index contributed by atoms with van der Waals surface area (Å²) >= 11 is 0. The Morgan fingerprint density at radius 2 is 1.66 bits per heavy atom. The highest BCUT2D eigenvalue weighted by Gasteiger charge is 2.17. The molecule has 1 heterocycles. The Kier molecular flexibility index (Phi) is 5.60. The third kappa shape index (κ3) is 4.24. The van der Waals surface area contributed by atoms with Gasteiger partial charge in [-0.3, -0.25) is 9.59 Å². The third-order valence-electron chi connectivity index (χ3n) is 5.39. The molecule has 5 nitrogen and oxygen atoms in total. The molecular weight excluding hydrogens is 362 g/mol. The van der Waals surface area contributed by atoms with Gasteiger partial charge in [0, 0.05) is 19.0 Å². The molecule has 1 aromatic heterocycles. The van der Waals surface area contributed by atoms with Crippen LogP contribution >= 0.6 is 0 Å². The van der Waals surface area contributed by atoms with Crippen LogP contribution in [0, 0.1) is 13.8 Å². The van der Waals surface area contributed by atoms with E-state index in [1.807, 2.05) is 6.07 Å². The van der Waals surface area contributed by atoms with Crippen molar-refractivity contribution in [3.05, 3.63) is 74.7 Å². The Hall–Kier alpha value is -2.95. The quantitative estimate of drug-likeness (QED) is 0.735. The van der Waals surface area contributed by atoms with Crippen LogP contribution in [0.1, 0.15) is 53.5 Å². The molecule has 0 aliphatic heterocycles. The van der Waals surface area contributed by atoms with Crippen molar-refractivity contribution in [3.8, 4) is 0 Å². The maximum atomic E-state index is 12.8. The van der Waals surface area contributed by atoms with Crippen LogP contribution in [-0.4, -0.2) is 22.2 Å². The summed E-state index contributed by atoms with van der Waals surface area (Å²) in [4.78, 5) is 25.0. The standard InChI is InChI=1S/C24H29N3O2/c1-15-13-17(24(3,4)5)14-16(2)18(15)11-12-25-22(28)21-19-9-7-8-10-20(19)23(29)27(6)26-21/h7-10,13-14H,11-12H2,1-6H3,(H,25,28). The first-order chi connectivity index (χ1) is 13.6. The molecule has 0 fully saturated rings. The summed E-state index contributed by atoms with van der Waals surface area (Å²) in [5.74, 6) is -0.265. The fraction of sp³-hybridized carbons (Fsp3) is 0.375. The molecule has 0 aliphatic carbocycles. The van der Waals surface area contributed by atoms with Gasteiger partial charge in [-0.1, -0.05) is 51.1 Å². The number of hydrogen-bond donors (Lipinski definition) is 1. The number of benzene rings is 2. The minimum absolute atomic E-state index is 0.109. The lowest BCUT2D eigenvalue weighted by Crippen LogP contribution is -2.30. The van der Waals surface area contributed by atoms with E-state index in [2.05, 4.69) is 57.2 Å². The van der Waals surface area contributed by atoms with Crippen molar-refractivity contribution in [1.29, 1.82) is 0 Å². The van der Waals surface area contributed by atoms with E-state index >= 15 is 0 Å². The highest BCUT2D eigenvalue weighted by atomic mass is 16.2. The van der Waals surface area contributed by atoms with E-state index in [-0.39, 0.29) is 22.6 Å². The van der Waals surface area contributed by atoms with Crippen LogP contribution in [0.5, 0.6) is 0 Å². The van der Waals surface area contributed by atoms with Gasteiger partial charge in [0.25, 0.3) is 11.5 Å². The van der Waals surface area contributed by atoms with E-state index in [0.717, 1.165) is 6.42 Å². The van der Waals surface area contributed by atoms with Gasteiger partial charge in [0.2, 0.25) is 0 Å². The molecule has 0 unspecified atom stereocenters. The summed E-state index contributed by atoms with van der Waals surface area (Å²) in [6, 6.07) is 11.6. The zero-order valence-corrected chi connectivity index (χ0v) is 18.1. The predicted molar refractivity (Wildman–Crippen MR) is 118 cm³/mol. The molecule has 3 aromatic rings. The van der Waals surface area contributed by atoms with Gasteiger partial charge in [-0.2, -0.15) is 5.10 Å². The van der Waals surface area contributed by atoms with Gasteiger partial charge in [-0.05, 0) is 54.0 Å². The first-order valence-corrected chi connectivity index (χ1v) is 9.94. The minimum Gasteiger partial charge on any atom is -0.350 e. The third-order valence-corrected chi connectivity index (χ3v) is 5.39. The van der Waals surface area contributed by atoms with E-state index in [9.17, 15) is 9.59 Å². The van der Waals surface area contributed by atoms with Crippen molar-refractivity contribution < 1.29 is 4.79 Å². The van der Waals surface area contributed by atoms with Crippen LogP contribution in [0.25, 0.3) is 10.8 Å². The van der Waals surface area contributed by atoms with Gasteiger partial charge in [-0.15, -0.1) is 0 Å². The summed E-state index contributed by atoms with van der Waals surface area (Å²) in [5.41, 5.74) is 5.25. The van der Waals surface area contributed by atoms with Crippen molar-refractivity contribution in [3.63, 3.8) is 0 Å². The number of nitrogens with one attached hydrogen (secondary N) is 1. The average molecular weight is 392 g/mol. The largest absolute Gasteiger partial charge is 0.350 e. The van der Waals surface area contributed by atoms with Crippen LogP contribution < -0.4 is 10.9 Å². The number of nitrogens with zero attached hydrogens (tertiary/aromatic N) is 2. The molecule has 1 amide bonds. The summed E-state index contributed by atoms with van der Waals surface area (Å²) in [6.45, 7) is 11.4. The number of aromatic nitrogens is 2. The van der Waals surface area contributed by atoms with E-state index in [1.54, 1.807) is 25.2 Å². The first kappa shape index (κ1) is 20.8. The van der Waals surface area contributed by atoms with E-state index in [1.165, 1.54) is 26.9 Å². The molecule has 0 atom stereocenters. The van der Waals surface area contributed by atoms with Crippen LogP contribution in [0.4, 0.5) is 0 Å². The summed E-state index contributed by atoms with van der Waals surface area (Å²) in [6.07, 6.45) is 0.748. The molecule has 0 saturated heterocycles.